The number of anilines is 1. The SMILES string of the molecule is Nc1nc2cc(N=C=S)ccc2s1. The molecule has 1 aromatic heterocycles. The lowest BCUT2D eigenvalue weighted by molar-refractivity contribution is 1.48. The van der Waals surface area contributed by atoms with Crippen molar-refractivity contribution >= 4 is 49.8 Å². The Morgan fingerprint density at radius 1 is 1.54 bits per heavy atom. The largest absolute Gasteiger partial charge is 0.375 e. The molecule has 0 atom stereocenters. The van der Waals surface area contributed by atoms with Crippen molar-refractivity contribution in [3.05, 3.63) is 18.2 Å². The van der Waals surface area contributed by atoms with Gasteiger partial charge < -0.3 is 5.73 Å². The second-order valence-electron chi connectivity index (χ2n) is 2.41. The number of nitrogen functional groups attached to an aromatic ring is 1. The highest BCUT2D eigenvalue weighted by Crippen LogP contribution is 2.26. The molecule has 1 heterocycles. The molecule has 0 amide bonds. The van der Waals surface area contributed by atoms with Gasteiger partial charge >= 0.3 is 0 Å². The van der Waals surface area contributed by atoms with Gasteiger partial charge in [0.15, 0.2) is 5.13 Å². The number of nitrogens with zero attached hydrogens (tertiary/aromatic N) is 2. The maximum absolute atomic E-state index is 5.56. The van der Waals surface area contributed by atoms with Gasteiger partial charge in [-0.2, -0.15) is 4.99 Å². The average molecular weight is 207 g/mol. The van der Waals surface area contributed by atoms with Gasteiger partial charge in [0.25, 0.3) is 0 Å². The monoisotopic (exact) mass is 207 g/mol. The zero-order chi connectivity index (χ0) is 9.26. The number of aliphatic imine (C=N–C) groups is 1. The highest BCUT2D eigenvalue weighted by Gasteiger charge is 2.00. The molecule has 0 aliphatic rings. The molecule has 0 radical (unpaired) electrons. The molecule has 0 bridgehead atoms. The Kier molecular flexibility index (Phi) is 2.06. The molecule has 2 rings (SSSR count). The third-order valence-corrected chi connectivity index (χ3v) is 2.52. The Hall–Kier alpha value is -1.29. The van der Waals surface area contributed by atoms with E-state index in [2.05, 4.69) is 27.4 Å². The van der Waals surface area contributed by atoms with E-state index in [-0.39, 0.29) is 0 Å². The highest BCUT2D eigenvalue weighted by molar-refractivity contribution is 7.78. The second-order valence-corrected chi connectivity index (χ2v) is 3.65. The van der Waals surface area contributed by atoms with Gasteiger partial charge in [-0.05, 0) is 30.4 Å². The number of rotatable bonds is 1. The lowest BCUT2D eigenvalue weighted by Gasteiger charge is -1.88. The molecule has 2 N–H and O–H groups in total. The first-order valence-electron chi connectivity index (χ1n) is 3.53. The van der Waals surface area contributed by atoms with Crippen LogP contribution in [0.1, 0.15) is 0 Å². The smallest absolute Gasteiger partial charge is 0.181 e. The number of nitrogens with two attached hydrogens (primary N) is 1. The molecule has 2 aromatic rings. The summed E-state index contributed by atoms with van der Waals surface area (Å²) < 4.78 is 1.06. The van der Waals surface area contributed by atoms with Gasteiger partial charge in [-0.1, -0.05) is 11.3 Å². The number of hydrogen-bond donors (Lipinski definition) is 1. The van der Waals surface area contributed by atoms with Crippen molar-refractivity contribution in [3.63, 3.8) is 0 Å². The van der Waals surface area contributed by atoms with E-state index in [9.17, 15) is 0 Å². The van der Waals surface area contributed by atoms with E-state index in [1.54, 1.807) is 0 Å². The van der Waals surface area contributed by atoms with Crippen LogP contribution in [0.5, 0.6) is 0 Å². The number of thiocarbonyl (C=S) groups is 1. The summed E-state index contributed by atoms with van der Waals surface area (Å²) >= 11 is 5.96. The first-order valence-corrected chi connectivity index (χ1v) is 4.76. The van der Waals surface area contributed by atoms with Gasteiger partial charge in [0.2, 0.25) is 0 Å². The van der Waals surface area contributed by atoms with Gasteiger partial charge in [0.1, 0.15) is 0 Å². The molecule has 0 spiro atoms. The van der Waals surface area contributed by atoms with E-state index >= 15 is 0 Å². The summed E-state index contributed by atoms with van der Waals surface area (Å²) in [6.07, 6.45) is 0. The Labute approximate surface area is 83.9 Å². The standard InChI is InChI=1S/C8H5N3S2/c9-8-11-6-3-5(10-4-12)1-2-7(6)13-8/h1-3H,(H2,9,11). The van der Waals surface area contributed by atoms with Crippen LogP contribution in [0.25, 0.3) is 10.2 Å². The summed E-state index contributed by atoms with van der Waals surface area (Å²) in [6, 6.07) is 5.62. The summed E-state index contributed by atoms with van der Waals surface area (Å²) in [5.41, 5.74) is 7.17. The molecule has 0 aliphatic heterocycles. The minimum absolute atomic E-state index is 0.568. The number of fused-ring (bicyclic) bond motifs is 1. The maximum atomic E-state index is 5.56. The molecule has 0 saturated carbocycles. The van der Waals surface area contributed by atoms with Crippen LogP contribution in [0.3, 0.4) is 0 Å². The summed E-state index contributed by atoms with van der Waals surface area (Å²) in [5, 5.41) is 2.88. The predicted octanol–water partition coefficient (Wildman–Crippen LogP) is 2.61. The summed E-state index contributed by atoms with van der Waals surface area (Å²) in [6.45, 7) is 0. The number of aromatic nitrogens is 1. The molecule has 3 nitrogen and oxygen atoms in total. The van der Waals surface area contributed by atoms with Gasteiger partial charge in [-0.15, -0.1) is 0 Å². The Morgan fingerprint density at radius 3 is 3.15 bits per heavy atom. The Morgan fingerprint density at radius 2 is 2.38 bits per heavy atom. The van der Waals surface area contributed by atoms with Crippen LogP contribution in [0.4, 0.5) is 10.8 Å². The Balaban J connectivity index is 2.67. The van der Waals surface area contributed by atoms with Crippen LogP contribution in [-0.4, -0.2) is 10.1 Å². The van der Waals surface area contributed by atoms with Crippen LogP contribution in [-0.2, 0) is 0 Å². The van der Waals surface area contributed by atoms with Crippen molar-refractivity contribution < 1.29 is 0 Å². The molecule has 1 aromatic carbocycles. The number of thiazole rings is 1. The van der Waals surface area contributed by atoms with Crippen molar-refractivity contribution in [1.29, 1.82) is 0 Å². The first kappa shape index (κ1) is 8.31. The molecular formula is C8H5N3S2. The van der Waals surface area contributed by atoms with Crippen LogP contribution >= 0.6 is 23.6 Å². The zero-order valence-corrected chi connectivity index (χ0v) is 8.15. The van der Waals surface area contributed by atoms with Gasteiger partial charge in [-0.25, -0.2) is 4.98 Å². The van der Waals surface area contributed by atoms with E-state index < -0.39 is 0 Å². The van der Waals surface area contributed by atoms with Crippen LogP contribution in [0.2, 0.25) is 0 Å². The van der Waals surface area contributed by atoms with Crippen molar-refractivity contribution in [2.24, 2.45) is 4.99 Å². The topological polar surface area (TPSA) is 51.3 Å². The number of isothiocyanates is 1. The normalized spacial score (nSPS) is 9.85. The summed E-state index contributed by atoms with van der Waals surface area (Å²) in [7, 11) is 0. The molecule has 13 heavy (non-hydrogen) atoms. The van der Waals surface area contributed by atoms with E-state index in [0.29, 0.717) is 5.13 Å². The van der Waals surface area contributed by atoms with E-state index in [1.807, 2.05) is 18.2 Å². The number of hydrogen-bond acceptors (Lipinski definition) is 5. The molecular weight excluding hydrogens is 202 g/mol. The molecule has 5 heteroatoms. The fourth-order valence-electron chi connectivity index (χ4n) is 1.06. The summed E-state index contributed by atoms with van der Waals surface area (Å²) in [4.78, 5) is 7.99. The van der Waals surface area contributed by atoms with Crippen molar-refractivity contribution in [3.8, 4) is 0 Å². The Bertz CT molecular complexity index is 497. The van der Waals surface area contributed by atoms with E-state index in [4.69, 9.17) is 5.73 Å². The quantitative estimate of drug-likeness (QED) is 0.577. The zero-order valence-electron chi connectivity index (χ0n) is 6.52. The molecule has 0 aliphatic carbocycles. The van der Waals surface area contributed by atoms with Gasteiger partial charge in [0, 0.05) is 0 Å². The molecule has 0 saturated heterocycles. The molecule has 0 fully saturated rings. The van der Waals surface area contributed by atoms with Crippen molar-refractivity contribution in [2.45, 2.75) is 0 Å². The third-order valence-electron chi connectivity index (χ3n) is 1.56. The number of benzene rings is 1. The fraction of sp³-hybridized carbons (Fsp3) is 0. The first-order chi connectivity index (χ1) is 6.29. The van der Waals surface area contributed by atoms with Crippen molar-refractivity contribution in [2.75, 3.05) is 5.73 Å². The minimum atomic E-state index is 0.568. The lowest BCUT2D eigenvalue weighted by atomic mass is 10.3. The summed E-state index contributed by atoms with van der Waals surface area (Å²) in [5.74, 6) is 0. The second kappa shape index (κ2) is 3.22. The lowest BCUT2D eigenvalue weighted by Crippen LogP contribution is -1.78. The fourth-order valence-corrected chi connectivity index (χ4v) is 1.88. The van der Waals surface area contributed by atoms with E-state index in [1.165, 1.54) is 11.3 Å². The van der Waals surface area contributed by atoms with Crippen molar-refractivity contribution in [1.82, 2.24) is 4.98 Å². The minimum Gasteiger partial charge on any atom is -0.375 e. The van der Waals surface area contributed by atoms with Crippen LogP contribution < -0.4 is 5.73 Å². The molecule has 64 valence electrons. The van der Waals surface area contributed by atoms with Crippen LogP contribution in [0, 0.1) is 0 Å². The highest BCUT2D eigenvalue weighted by atomic mass is 32.1. The average Bonchev–Trinajstić information content (AvgIpc) is 2.44. The predicted molar refractivity (Wildman–Crippen MR) is 58.7 cm³/mol. The third kappa shape index (κ3) is 1.58. The molecule has 0 unspecified atom stereocenters. The van der Waals surface area contributed by atoms with Gasteiger partial charge in [0.05, 0.1) is 21.1 Å². The van der Waals surface area contributed by atoms with Gasteiger partial charge in [-0.3, -0.25) is 0 Å². The van der Waals surface area contributed by atoms with Crippen LogP contribution in [0.15, 0.2) is 23.2 Å². The maximum Gasteiger partial charge on any atom is 0.181 e. The van der Waals surface area contributed by atoms with E-state index in [0.717, 1.165) is 15.9 Å².